The molecule has 2 heterocycles. The van der Waals surface area contributed by atoms with Gasteiger partial charge in [0.2, 0.25) is 0 Å². The highest BCUT2D eigenvalue weighted by Crippen LogP contribution is 2.24. The third-order valence-corrected chi connectivity index (χ3v) is 4.76. The summed E-state index contributed by atoms with van der Waals surface area (Å²) in [6.07, 6.45) is 4.26. The maximum atomic E-state index is 3.51. The van der Waals surface area contributed by atoms with Crippen LogP contribution in [0.1, 0.15) is 40.0 Å². The predicted molar refractivity (Wildman–Crippen MR) is 78.0 cm³/mol. The first-order chi connectivity index (χ1) is 8.50. The average molecular weight is 253 g/mol. The van der Waals surface area contributed by atoms with Gasteiger partial charge in [0.1, 0.15) is 0 Å². The SMILES string of the molecule is CNC(CN1CCN2CCCCC2C1)C(C)(C)C. The number of hydrogen-bond acceptors (Lipinski definition) is 3. The lowest BCUT2D eigenvalue weighted by Gasteiger charge is -2.46. The van der Waals surface area contributed by atoms with Gasteiger partial charge >= 0.3 is 0 Å². The van der Waals surface area contributed by atoms with Crippen molar-refractivity contribution in [3.63, 3.8) is 0 Å². The fourth-order valence-electron chi connectivity index (χ4n) is 3.44. The largest absolute Gasteiger partial charge is 0.315 e. The van der Waals surface area contributed by atoms with Crippen LogP contribution in [-0.2, 0) is 0 Å². The van der Waals surface area contributed by atoms with Crippen molar-refractivity contribution in [3.05, 3.63) is 0 Å². The molecular weight excluding hydrogens is 222 g/mol. The van der Waals surface area contributed by atoms with Crippen LogP contribution in [0.5, 0.6) is 0 Å². The van der Waals surface area contributed by atoms with Crippen LogP contribution in [-0.4, -0.2) is 61.7 Å². The summed E-state index contributed by atoms with van der Waals surface area (Å²) in [6.45, 7) is 13.4. The van der Waals surface area contributed by atoms with Crippen LogP contribution in [0.3, 0.4) is 0 Å². The van der Waals surface area contributed by atoms with E-state index in [2.05, 4.69) is 42.9 Å². The Morgan fingerprint density at radius 1 is 1.17 bits per heavy atom. The van der Waals surface area contributed by atoms with Crippen LogP contribution in [0.4, 0.5) is 0 Å². The molecule has 1 N–H and O–H groups in total. The molecule has 0 spiro atoms. The molecule has 3 heteroatoms. The van der Waals surface area contributed by atoms with E-state index in [1.165, 1.54) is 52.0 Å². The molecular formula is C15H31N3. The van der Waals surface area contributed by atoms with Gasteiger partial charge in [-0.15, -0.1) is 0 Å². The fraction of sp³-hybridized carbons (Fsp3) is 1.00. The molecule has 2 aliphatic heterocycles. The summed E-state index contributed by atoms with van der Waals surface area (Å²) < 4.78 is 0. The second-order valence-corrected chi connectivity index (χ2v) is 7.15. The molecule has 0 aromatic rings. The highest BCUT2D eigenvalue weighted by atomic mass is 15.3. The molecule has 0 radical (unpaired) electrons. The summed E-state index contributed by atoms with van der Waals surface area (Å²) in [5, 5.41) is 3.51. The Hall–Kier alpha value is -0.120. The molecule has 0 aromatic heterocycles. The average Bonchev–Trinajstić information content (AvgIpc) is 2.34. The molecule has 0 aliphatic carbocycles. The van der Waals surface area contributed by atoms with Crippen LogP contribution in [0.15, 0.2) is 0 Å². The van der Waals surface area contributed by atoms with Crippen molar-refractivity contribution in [2.45, 2.75) is 52.1 Å². The number of nitrogens with one attached hydrogen (secondary N) is 1. The van der Waals surface area contributed by atoms with Gasteiger partial charge in [-0.1, -0.05) is 27.2 Å². The first-order valence-corrected chi connectivity index (χ1v) is 7.64. The molecule has 2 saturated heterocycles. The van der Waals surface area contributed by atoms with Crippen molar-refractivity contribution in [2.24, 2.45) is 5.41 Å². The molecule has 0 aromatic carbocycles. The third kappa shape index (κ3) is 3.46. The molecule has 106 valence electrons. The van der Waals surface area contributed by atoms with E-state index in [-0.39, 0.29) is 0 Å². The fourth-order valence-corrected chi connectivity index (χ4v) is 3.44. The van der Waals surface area contributed by atoms with E-state index in [1.54, 1.807) is 0 Å². The van der Waals surface area contributed by atoms with E-state index in [4.69, 9.17) is 0 Å². The van der Waals surface area contributed by atoms with Crippen molar-refractivity contribution < 1.29 is 0 Å². The lowest BCUT2D eigenvalue weighted by molar-refractivity contribution is 0.0375. The van der Waals surface area contributed by atoms with Gasteiger partial charge in [0.15, 0.2) is 0 Å². The van der Waals surface area contributed by atoms with Crippen molar-refractivity contribution >= 4 is 0 Å². The van der Waals surface area contributed by atoms with E-state index in [9.17, 15) is 0 Å². The predicted octanol–water partition coefficient (Wildman–Crippen LogP) is 1.79. The molecule has 18 heavy (non-hydrogen) atoms. The van der Waals surface area contributed by atoms with Crippen LogP contribution in [0, 0.1) is 5.41 Å². The summed E-state index contributed by atoms with van der Waals surface area (Å²) >= 11 is 0. The third-order valence-electron chi connectivity index (χ3n) is 4.76. The van der Waals surface area contributed by atoms with E-state index < -0.39 is 0 Å². The van der Waals surface area contributed by atoms with Gasteiger partial charge in [-0.3, -0.25) is 9.80 Å². The molecule has 2 aliphatic rings. The molecule has 3 nitrogen and oxygen atoms in total. The summed E-state index contributed by atoms with van der Waals surface area (Å²) in [6, 6.07) is 1.43. The molecule has 0 bridgehead atoms. The normalized spacial score (nSPS) is 29.0. The Morgan fingerprint density at radius 3 is 2.61 bits per heavy atom. The summed E-state index contributed by atoms with van der Waals surface area (Å²) in [5.74, 6) is 0. The standard InChI is InChI=1S/C15H31N3/c1-15(2,3)14(16-4)12-17-9-10-18-8-6-5-7-13(18)11-17/h13-14,16H,5-12H2,1-4H3. The van der Waals surface area contributed by atoms with Crippen molar-refractivity contribution in [1.29, 1.82) is 0 Å². The maximum Gasteiger partial charge on any atom is 0.0240 e. The van der Waals surface area contributed by atoms with E-state index >= 15 is 0 Å². The minimum Gasteiger partial charge on any atom is -0.315 e. The van der Waals surface area contributed by atoms with Crippen LogP contribution in [0.2, 0.25) is 0 Å². The molecule has 2 atom stereocenters. The Morgan fingerprint density at radius 2 is 1.94 bits per heavy atom. The number of piperazine rings is 1. The van der Waals surface area contributed by atoms with Gasteiger partial charge < -0.3 is 5.32 Å². The van der Waals surface area contributed by atoms with Crippen molar-refractivity contribution in [2.75, 3.05) is 39.8 Å². The number of nitrogens with zero attached hydrogens (tertiary/aromatic N) is 2. The van der Waals surface area contributed by atoms with Crippen LogP contribution in [0.25, 0.3) is 0 Å². The Balaban J connectivity index is 1.87. The summed E-state index contributed by atoms with van der Waals surface area (Å²) in [5.41, 5.74) is 0.346. The molecule has 2 unspecified atom stereocenters. The Bertz CT molecular complexity index is 259. The number of fused-ring (bicyclic) bond motifs is 1. The van der Waals surface area contributed by atoms with Gasteiger partial charge in [-0.05, 0) is 31.8 Å². The van der Waals surface area contributed by atoms with E-state index in [1.807, 2.05) is 0 Å². The van der Waals surface area contributed by atoms with Crippen LogP contribution >= 0.6 is 0 Å². The van der Waals surface area contributed by atoms with Gasteiger partial charge in [-0.25, -0.2) is 0 Å². The Kier molecular flexibility index (Phi) is 4.68. The number of likely N-dealkylation sites (N-methyl/N-ethyl adjacent to an activating group) is 1. The van der Waals surface area contributed by atoms with E-state index in [0.29, 0.717) is 11.5 Å². The molecule has 0 amide bonds. The smallest absolute Gasteiger partial charge is 0.0240 e. The molecule has 0 saturated carbocycles. The maximum absolute atomic E-state index is 3.51. The molecule has 2 fully saturated rings. The second-order valence-electron chi connectivity index (χ2n) is 7.15. The monoisotopic (exact) mass is 253 g/mol. The number of hydrogen-bond donors (Lipinski definition) is 1. The van der Waals surface area contributed by atoms with Crippen LogP contribution < -0.4 is 5.32 Å². The lowest BCUT2D eigenvalue weighted by atomic mass is 9.86. The number of piperidine rings is 1. The number of rotatable bonds is 3. The zero-order chi connectivity index (χ0) is 13.2. The van der Waals surface area contributed by atoms with Gasteiger partial charge in [0.05, 0.1) is 0 Å². The quantitative estimate of drug-likeness (QED) is 0.827. The Labute approximate surface area is 113 Å². The van der Waals surface area contributed by atoms with Gasteiger partial charge in [0, 0.05) is 38.3 Å². The topological polar surface area (TPSA) is 18.5 Å². The zero-order valence-electron chi connectivity index (χ0n) is 12.7. The van der Waals surface area contributed by atoms with Gasteiger partial charge in [0.25, 0.3) is 0 Å². The summed E-state index contributed by atoms with van der Waals surface area (Å²) in [7, 11) is 2.10. The summed E-state index contributed by atoms with van der Waals surface area (Å²) in [4.78, 5) is 5.39. The second kappa shape index (κ2) is 5.89. The van der Waals surface area contributed by atoms with Crippen molar-refractivity contribution in [3.8, 4) is 0 Å². The van der Waals surface area contributed by atoms with E-state index in [0.717, 1.165) is 6.04 Å². The molecule has 2 rings (SSSR count). The minimum atomic E-state index is 0.346. The van der Waals surface area contributed by atoms with Crippen molar-refractivity contribution in [1.82, 2.24) is 15.1 Å². The minimum absolute atomic E-state index is 0.346. The lowest BCUT2D eigenvalue weighted by Crippen LogP contribution is -2.58. The highest BCUT2D eigenvalue weighted by molar-refractivity contribution is 4.89. The first-order valence-electron chi connectivity index (χ1n) is 7.64. The highest BCUT2D eigenvalue weighted by Gasteiger charge is 2.31. The van der Waals surface area contributed by atoms with Gasteiger partial charge in [-0.2, -0.15) is 0 Å². The zero-order valence-corrected chi connectivity index (χ0v) is 12.7. The first kappa shape index (κ1) is 14.3.